The van der Waals surface area contributed by atoms with Gasteiger partial charge < -0.3 is 9.64 Å². The van der Waals surface area contributed by atoms with Crippen LogP contribution in [0.5, 0.6) is 0 Å². The molecule has 0 N–H and O–H groups in total. The van der Waals surface area contributed by atoms with E-state index in [1.54, 1.807) is 4.80 Å². The molecule has 1 saturated heterocycles. The van der Waals surface area contributed by atoms with Crippen molar-refractivity contribution in [3.8, 4) is 5.69 Å². The molecule has 1 aliphatic rings. The lowest BCUT2D eigenvalue weighted by molar-refractivity contribution is 0.0597. The predicted octanol–water partition coefficient (Wildman–Crippen LogP) is 2.64. The minimum Gasteiger partial charge on any atom is -0.378 e. The molecule has 0 radical (unpaired) electrons. The number of hydrogen-bond acceptors (Lipinski definition) is 4. The van der Waals surface area contributed by atoms with Gasteiger partial charge in [-0.15, -0.1) is 5.10 Å². The van der Waals surface area contributed by atoms with Crippen molar-refractivity contribution in [2.45, 2.75) is 6.92 Å². The molecule has 2 aromatic rings. The van der Waals surface area contributed by atoms with Crippen LogP contribution in [0.2, 0.25) is 0 Å². The van der Waals surface area contributed by atoms with Crippen LogP contribution in [0.1, 0.15) is 11.4 Å². The Morgan fingerprint density at radius 3 is 2.57 bits per heavy atom. The van der Waals surface area contributed by atoms with E-state index in [0.29, 0.717) is 0 Å². The first-order valence-corrected chi connectivity index (χ1v) is 7.71. The number of aromatic nitrogens is 3. The quantitative estimate of drug-likeness (QED) is 0.855. The molecular formula is C15H17BrN4O. The van der Waals surface area contributed by atoms with Gasteiger partial charge in [-0.2, -0.15) is 9.90 Å². The van der Waals surface area contributed by atoms with Crippen molar-refractivity contribution < 1.29 is 4.74 Å². The van der Waals surface area contributed by atoms with E-state index in [1.807, 2.05) is 37.3 Å². The van der Waals surface area contributed by atoms with Gasteiger partial charge in [0, 0.05) is 23.8 Å². The summed E-state index contributed by atoms with van der Waals surface area (Å²) in [4.78, 5) is 3.91. The van der Waals surface area contributed by atoms with E-state index in [1.165, 1.54) is 0 Å². The molecule has 21 heavy (non-hydrogen) atoms. The maximum atomic E-state index is 5.34. The average Bonchev–Trinajstić information content (AvgIpc) is 2.88. The van der Waals surface area contributed by atoms with Crippen LogP contribution in [0.15, 0.2) is 34.9 Å². The van der Waals surface area contributed by atoms with Gasteiger partial charge in [-0.05, 0) is 37.3 Å². The summed E-state index contributed by atoms with van der Waals surface area (Å²) in [6, 6.07) is 7.94. The first-order chi connectivity index (χ1) is 10.2. The molecule has 0 saturated carbocycles. The number of hydrogen-bond donors (Lipinski definition) is 0. The molecule has 0 amide bonds. The van der Waals surface area contributed by atoms with Crippen molar-refractivity contribution in [3.05, 3.63) is 46.3 Å². The van der Waals surface area contributed by atoms with Gasteiger partial charge in [0.1, 0.15) is 5.69 Å². The van der Waals surface area contributed by atoms with Gasteiger partial charge in [0.15, 0.2) is 0 Å². The number of benzene rings is 1. The predicted molar refractivity (Wildman–Crippen MR) is 85.2 cm³/mol. The van der Waals surface area contributed by atoms with Gasteiger partial charge >= 0.3 is 0 Å². The standard InChI is InChI=1S/C15H17BrN4O/c1-12-15(6-7-19-8-10-21-11-9-19)18-20(17-12)14-4-2-13(16)3-5-14/h2-7H,8-11H2,1H3/b7-6+. The number of ether oxygens (including phenoxy) is 1. The number of aryl methyl sites for hydroxylation is 1. The van der Waals surface area contributed by atoms with Crippen molar-refractivity contribution in [3.63, 3.8) is 0 Å². The van der Waals surface area contributed by atoms with Gasteiger partial charge in [0.2, 0.25) is 0 Å². The first kappa shape index (κ1) is 14.3. The molecule has 1 aromatic carbocycles. The fourth-order valence-corrected chi connectivity index (χ4v) is 2.40. The van der Waals surface area contributed by atoms with Crippen LogP contribution >= 0.6 is 15.9 Å². The Morgan fingerprint density at radius 1 is 1.14 bits per heavy atom. The Labute approximate surface area is 132 Å². The highest BCUT2D eigenvalue weighted by molar-refractivity contribution is 9.10. The molecule has 0 spiro atoms. The highest BCUT2D eigenvalue weighted by atomic mass is 79.9. The molecular weight excluding hydrogens is 332 g/mol. The third kappa shape index (κ3) is 3.51. The van der Waals surface area contributed by atoms with Crippen LogP contribution in [0.3, 0.4) is 0 Å². The molecule has 0 atom stereocenters. The van der Waals surface area contributed by atoms with Gasteiger partial charge in [-0.25, -0.2) is 0 Å². The zero-order chi connectivity index (χ0) is 14.7. The number of rotatable bonds is 3. The number of nitrogens with zero attached hydrogens (tertiary/aromatic N) is 4. The number of halogens is 1. The van der Waals surface area contributed by atoms with Crippen LogP contribution in [-0.2, 0) is 4.74 Å². The summed E-state index contributed by atoms with van der Waals surface area (Å²) in [6.45, 7) is 5.40. The van der Waals surface area contributed by atoms with Crippen LogP contribution < -0.4 is 0 Å². The Hall–Kier alpha value is -1.66. The molecule has 0 aliphatic carbocycles. The molecule has 0 unspecified atom stereocenters. The second kappa shape index (κ2) is 6.41. The molecule has 6 heteroatoms. The van der Waals surface area contributed by atoms with Crippen LogP contribution in [0.25, 0.3) is 11.8 Å². The highest BCUT2D eigenvalue weighted by Gasteiger charge is 2.08. The maximum Gasteiger partial charge on any atom is 0.110 e. The van der Waals surface area contributed by atoms with E-state index in [2.05, 4.69) is 37.2 Å². The average molecular weight is 349 g/mol. The maximum absolute atomic E-state index is 5.34. The summed E-state index contributed by atoms with van der Waals surface area (Å²) < 4.78 is 6.38. The van der Waals surface area contributed by atoms with Crippen molar-refractivity contribution in [1.82, 2.24) is 19.9 Å². The van der Waals surface area contributed by atoms with E-state index >= 15 is 0 Å². The summed E-state index contributed by atoms with van der Waals surface area (Å²) in [5.41, 5.74) is 2.76. The second-order valence-electron chi connectivity index (χ2n) is 4.90. The SMILES string of the molecule is Cc1nn(-c2ccc(Br)cc2)nc1/C=C/N1CCOCC1. The summed E-state index contributed by atoms with van der Waals surface area (Å²) in [5.74, 6) is 0. The van der Waals surface area contributed by atoms with Crippen molar-refractivity contribution in [2.24, 2.45) is 0 Å². The molecule has 5 nitrogen and oxygen atoms in total. The lowest BCUT2D eigenvalue weighted by Crippen LogP contribution is -2.31. The Bertz CT molecular complexity index is 630. The molecule has 2 heterocycles. The molecule has 0 bridgehead atoms. The van der Waals surface area contributed by atoms with Crippen LogP contribution in [-0.4, -0.2) is 46.2 Å². The Morgan fingerprint density at radius 2 is 1.86 bits per heavy atom. The summed E-state index contributed by atoms with van der Waals surface area (Å²) in [7, 11) is 0. The van der Waals surface area contributed by atoms with Crippen LogP contribution in [0.4, 0.5) is 0 Å². The van der Waals surface area contributed by atoms with Crippen molar-refractivity contribution >= 4 is 22.0 Å². The lowest BCUT2D eigenvalue weighted by Gasteiger charge is -2.24. The van der Waals surface area contributed by atoms with E-state index in [4.69, 9.17) is 4.74 Å². The molecule has 1 fully saturated rings. The van der Waals surface area contributed by atoms with Gasteiger partial charge in [-0.3, -0.25) is 0 Å². The third-order valence-corrected chi connectivity index (χ3v) is 3.89. The summed E-state index contributed by atoms with van der Waals surface area (Å²) in [6.07, 6.45) is 4.09. The van der Waals surface area contributed by atoms with Gasteiger partial charge in [0.05, 0.1) is 24.6 Å². The fraction of sp³-hybridized carbons (Fsp3) is 0.333. The Balaban J connectivity index is 1.77. The molecule has 3 rings (SSSR count). The topological polar surface area (TPSA) is 43.2 Å². The monoisotopic (exact) mass is 348 g/mol. The van der Waals surface area contributed by atoms with Gasteiger partial charge in [-0.1, -0.05) is 15.9 Å². The second-order valence-corrected chi connectivity index (χ2v) is 5.82. The largest absolute Gasteiger partial charge is 0.378 e. The summed E-state index contributed by atoms with van der Waals surface area (Å²) >= 11 is 3.43. The van der Waals surface area contributed by atoms with Gasteiger partial charge in [0.25, 0.3) is 0 Å². The fourth-order valence-electron chi connectivity index (χ4n) is 2.14. The highest BCUT2D eigenvalue weighted by Crippen LogP contribution is 2.14. The van der Waals surface area contributed by atoms with E-state index in [0.717, 1.165) is 47.9 Å². The molecule has 110 valence electrons. The van der Waals surface area contributed by atoms with Crippen LogP contribution in [0, 0.1) is 6.92 Å². The molecule has 1 aliphatic heterocycles. The minimum atomic E-state index is 0.787. The first-order valence-electron chi connectivity index (χ1n) is 6.92. The lowest BCUT2D eigenvalue weighted by atomic mass is 10.3. The summed E-state index contributed by atoms with van der Waals surface area (Å²) in [5, 5.41) is 9.01. The van der Waals surface area contributed by atoms with E-state index < -0.39 is 0 Å². The smallest absolute Gasteiger partial charge is 0.110 e. The minimum absolute atomic E-state index is 0.787. The van der Waals surface area contributed by atoms with Crippen molar-refractivity contribution in [1.29, 1.82) is 0 Å². The Kier molecular flexibility index (Phi) is 4.36. The van der Waals surface area contributed by atoms with E-state index in [9.17, 15) is 0 Å². The number of morpholine rings is 1. The third-order valence-electron chi connectivity index (χ3n) is 3.36. The van der Waals surface area contributed by atoms with Crippen molar-refractivity contribution in [2.75, 3.05) is 26.3 Å². The normalized spacial score (nSPS) is 15.8. The molecule has 1 aromatic heterocycles. The zero-order valence-corrected chi connectivity index (χ0v) is 13.5. The zero-order valence-electron chi connectivity index (χ0n) is 11.9. The van der Waals surface area contributed by atoms with E-state index in [-0.39, 0.29) is 0 Å².